The maximum Gasteiger partial charge on any atom is 0.337 e. The van der Waals surface area contributed by atoms with Crippen molar-refractivity contribution in [2.24, 2.45) is 5.92 Å². The van der Waals surface area contributed by atoms with Crippen LogP contribution in [0, 0.1) is 5.92 Å². The highest BCUT2D eigenvalue weighted by atomic mass is 35.5. The third-order valence-corrected chi connectivity index (χ3v) is 7.21. The largest absolute Gasteiger partial charge is 0.478 e. The molecule has 184 valence electrons. The van der Waals surface area contributed by atoms with Crippen LogP contribution in [0.1, 0.15) is 48.1 Å². The minimum atomic E-state index is -1.01. The Balaban J connectivity index is 1.62. The molecule has 1 unspecified atom stereocenters. The summed E-state index contributed by atoms with van der Waals surface area (Å²) in [5.74, 6) is 0.140. The quantitative estimate of drug-likeness (QED) is 0.495. The molecule has 1 saturated carbocycles. The Morgan fingerprint density at radius 3 is 2.69 bits per heavy atom. The van der Waals surface area contributed by atoms with Gasteiger partial charge in [0.05, 0.1) is 35.7 Å². The zero-order valence-electron chi connectivity index (χ0n) is 19.7. The molecule has 5 rings (SSSR count). The number of carboxylic acids is 1. The van der Waals surface area contributed by atoms with Gasteiger partial charge in [0.2, 0.25) is 5.95 Å². The fourth-order valence-corrected chi connectivity index (χ4v) is 5.07. The van der Waals surface area contributed by atoms with E-state index in [1.165, 1.54) is 6.42 Å². The molecular weight excluding hydrogens is 468 g/mol. The lowest BCUT2D eigenvalue weighted by Crippen LogP contribution is -2.41. The first-order valence-electron chi connectivity index (χ1n) is 12.1. The highest BCUT2D eigenvalue weighted by Gasteiger charge is 2.26. The van der Waals surface area contributed by atoms with Crippen molar-refractivity contribution in [3.8, 4) is 0 Å². The van der Waals surface area contributed by atoms with Crippen LogP contribution in [-0.4, -0.2) is 46.9 Å². The lowest BCUT2D eigenvalue weighted by atomic mass is 9.85. The van der Waals surface area contributed by atoms with E-state index in [1.54, 1.807) is 36.4 Å². The molecule has 3 aromatic rings. The van der Waals surface area contributed by atoms with Gasteiger partial charge in [-0.3, -0.25) is 9.36 Å². The zero-order valence-corrected chi connectivity index (χ0v) is 20.4. The first-order valence-corrected chi connectivity index (χ1v) is 12.5. The molecule has 2 aromatic carbocycles. The Morgan fingerprint density at radius 2 is 2.00 bits per heavy atom. The number of rotatable bonds is 7. The summed E-state index contributed by atoms with van der Waals surface area (Å²) in [6, 6.07) is 9.90. The molecule has 1 aromatic heterocycles. The van der Waals surface area contributed by atoms with E-state index in [2.05, 4.69) is 10.2 Å². The van der Waals surface area contributed by atoms with Crippen LogP contribution in [0.25, 0.3) is 10.9 Å². The molecule has 0 bridgehead atoms. The van der Waals surface area contributed by atoms with Crippen LogP contribution in [0.3, 0.4) is 0 Å². The summed E-state index contributed by atoms with van der Waals surface area (Å²) in [5, 5.41) is 13.8. The molecule has 1 saturated heterocycles. The van der Waals surface area contributed by atoms with Gasteiger partial charge >= 0.3 is 5.97 Å². The van der Waals surface area contributed by atoms with Gasteiger partial charge in [0.25, 0.3) is 5.56 Å². The van der Waals surface area contributed by atoms with Gasteiger partial charge in [0.1, 0.15) is 0 Å². The average molecular weight is 497 g/mol. The fraction of sp³-hybridized carbons (Fsp3) is 0.423. The maximum absolute atomic E-state index is 13.8. The minimum Gasteiger partial charge on any atom is -0.478 e. The molecule has 2 heterocycles. The number of morpholine rings is 1. The number of ether oxygens (including phenoxy) is 1. The number of hydrogen-bond donors (Lipinski definition) is 2. The standard InChI is InChI=1S/C26H29ClN4O4/c1-16(28-22-8-3-2-7-19(22)25(33)34)20-13-18(27)14-21-23(20)29-26(30-9-11-35-12-10-30)31(24(21)32)15-17-5-4-6-17/h2-3,7-8,13-14,16-17,28H,4-6,9-12,15H2,1H3,(H,33,34). The number of hydrogen-bond acceptors (Lipinski definition) is 6. The summed E-state index contributed by atoms with van der Waals surface area (Å²) in [5.41, 5.74) is 1.90. The van der Waals surface area contributed by atoms with Crippen molar-refractivity contribution in [1.29, 1.82) is 0 Å². The number of benzene rings is 2. The maximum atomic E-state index is 13.8. The predicted octanol–water partition coefficient (Wildman–Crippen LogP) is 4.56. The second-order valence-electron chi connectivity index (χ2n) is 9.33. The lowest BCUT2D eigenvalue weighted by Gasteiger charge is -2.33. The van der Waals surface area contributed by atoms with E-state index in [0.717, 1.165) is 18.4 Å². The molecule has 1 aliphatic carbocycles. The van der Waals surface area contributed by atoms with Gasteiger partial charge in [-0.1, -0.05) is 30.2 Å². The third-order valence-electron chi connectivity index (χ3n) is 6.99. The van der Waals surface area contributed by atoms with E-state index in [9.17, 15) is 14.7 Å². The molecule has 35 heavy (non-hydrogen) atoms. The van der Waals surface area contributed by atoms with Gasteiger partial charge in [0, 0.05) is 35.9 Å². The Kier molecular flexibility index (Phi) is 6.67. The SMILES string of the molecule is CC(Nc1ccccc1C(=O)O)c1cc(Cl)cc2c(=O)n(CC3CCC3)c(N3CCOCC3)nc12. The Morgan fingerprint density at radius 1 is 1.26 bits per heavy atom. The smallest absolute Gasteiger partial charge is 0.337 e. The summed E-state index contributed by atoms with van der Waals surface area (Å²) >= 11 is 6.48. The van der Waals surface area contributed by atoms with Crippen molar-refractivity contribution in [2.75, 3.05) is 36.5 Å². The van der Waals surface area contributed by atoms with E-state index in [4.69, 9.17) is 21.3 Å². The summed E-state index contributed by atoms with van der Waals surface area (Å²) in [4.78, 5) is 32.7. The summed E-state index contributed by atoms with van der Waals surface area (Å²) in [6.07, 6.45) is 3.44. The number of nitrogens with zero attached hydrogens (tertiary/aromatic N) is 3. The molecule has 0 spiro atoms. The van der Waals surface area contributed by atoms with E-state index < -0.39 is 5.97 Å². The number of nitrogens with one attached hydrogen (secondary N) is 1. The van der Waals surface area contributed by atoms with Gasteiger partial charge in [-0.15, -0.1) is 0 Å². The van der Waals surface area contributed by atoms with Crippen molar-refractivity contribution in [3.05, 3.63) is 62.9 Å². The number of aromatic nitrogens is 2. The fourth-order valence-electron chi connectivity index (χ4n) is 4.84. The highest BCUT2D eigenvalue weighted by Crippen LogP contribution is 2.32. The Bertz CT molecular complexity index is 1310. The van der Waals surface area contributed by atoms with Crippen molar-refractivity contribution in [3.63, 3.8) is 0 Å². The number of fused-ring (bicyclic) bond motifs is 1. The van der Waals surface area contributed by atoms with Gasteiger partial charge in [-0.2, -0.15) is 0 Å². The molecule has 2 aliphatic rings. The van der Waals surface area contributed by atoms with E-state index in [-0.39, 0.29) is 17.2 Å². The van der Waals surface area contributed by atoms with Crippen LogP contribution in [-0.2, 0) is 11.3 Å². The molecule has 0 radical (unpaired) electrons. The van der Waals surface area contributed by atoms with Crippen LogP contribution >= 0.6 is 11.6 Å². The van der Waals surface area contributed by atoms with Crippen LogP contribution in [0.2, 0.25) is 5.02 Å². The van der Waals surface area contributed by atoms with Gasteiger partial charge < -0.3 is 20.1 Å². The molecule has 2 N–H and O–H groups in total. The number of anilines is 2. The topological polar surface area (TPSA) is 96.7 Å². The molecule has 9 heteroatoms. The number of carboxylic acid groups (broad SMARTS) is 1. The first kappa shape index (κ1) is 23.6. The van der Waals surface area contributed by atoms with Crippen LogP contribution < -0.4 is 15.8 Å². The normalized spacial score (nSPS) is 17.3. The summed E-state index contributed by atoms with van der Waals surface area (Å²) < 4.78 is 7.35. The molecule has 8 nitrogen and oxygen atoms in total. The second kappa shape index (κ2) is 9.87. The third kappa shape index (κ3) is 4.73. The number of carbonyl (C=O) groups is 1. The minimum absolute atomic E-state index is 0.0923. The molecule has 0 amide bonds. The van der Waals surface area contributed by atoms with E-state index in [1.807, 2.05) is 11.5 Å². The van der Waals surface area contributed by atoms with Crippen molar-refractivity contribution >= 4 is 40.1 Å². The lowest BCUT2D eigenvalue weighted by molar-refractivity contribution is 0.0698. The number of aromatic carboxylic acids is 1. The molecule has 1 aliphatic heterocycles. The average Bonchev–Trinajstić information content (AvgIpc) is 2.83. The highest BCUT2D eigenvalue weighted by molar-refractivity contribution is 6.31. The molecule has 1 atom stereocenters. The van der Waals surface area contributed by atoms with Crippen molar-refractivity contribution in [2.45, 2.75) is 38.8 Å². The van der Waals surface area contributed by atoms with Crippen LogP contribution in [0.15, 0.2) is 41.2 Å². The van der Waals surface area contributed by atoms with Gasteiger partial charge in [-0.25, -0.2) is 9.78 Å². The summed E-state index contributed by atoms with van der Waals surface area (Å²) in [6.45, 7) is 5.09. The Labute approximate surface area is 208 Å². The summed E-state index contributed by atoms with van der Waals surface area (Å²) in [7, 11) is 0. The predicted molar refractivity (Wildman–Crippen MR) is 137 cm³/mol. The Hall–Kier alpha value is -3.10. The van der Waals surface area contributed by atoms with Crippen LogP contribution in [0.5, 0.6) is 0 Å². The van der Waals surface area contributed by atoms with E-state index in [0.29, 0.717) is 66.3 Å². The zero-order chi connectivity index (χ0) is 24.5. The second-order valence-corrected chi connectivity index (χ2v) is 9.77. The first-order chi connectivity index (χ1) is 16.9. The molecule has 2 fully saturated rings. The van der Waals surface area contributed by atoms with Crippen molar-refractivity contribution in [1.82, 2.24) is 9.55 Å². The van der Waals surface area contributed by atoms with Crippen molar-refractivity contribution < 1.29 is 14.6 Å². The van der Waals surface area contributed by atoms with Gasteiger partial charge in [-0.05, 0) is 49.9 Å². The molecular formula is C26H29ClN4O4. The van der Waals surface area contributed by atoms with Gasteiger partial charge in [0.15, 0.2) is 0 Å². The van der Waals surface area contributed by atoms with Crippen LogP contribution in [0.4, 0.5) is 11.6 Å². The monoisotopic (exact) mass is 496 g/mol. The van der Waals surface area contributed by atoms with E-state index >= 15 is 0 Å². The number of para-hydroxylation sites is 1. The number of halogens is 1.